The number of aromatic nitrogens is 1. The lowest BCUT2D eigenvalue weighted by atomic mass is 10.0. The van der Waals surface area contributed by atoms with Crippen LogP contribution in [-0.2, 0) is 24.7 Å². The third-order valence-corrected chi connectivity index (χ3v) is 5.37. The van der Waals surface area contributed by atoms with Crippen LogP contribution < -0.4 is 5.73 Å². The van der Waals surface area contributed by atoms with Crippen LogP contribution >= 0.6 is 0 Å². The van der Waals surface area contributed by atoms with Gasteiger partial charge in [0.15, 0.2) is 0 Å². The summed E-state index contributed by atoms with van der Waals surface area (Å²) in [6.45, 7) is 0.0442. The van der Waals surface area contributed by atoms with Gasteiger partial charge in [0.1, 0.15) is 17.0 Å². The minimum Gasteiger partial charge on any atom is -0.385 e. The number of carbonyl (C=O) groups is 1. The average molecular weight is 395 g/mol. The Labute approximate surface area is 142 Å². The van der Waals surface area contributed by atoms with Gasteiger partial charge in [-0.2, -0.15) is 21.9 Å². The maximum atomic E-state index is 12.2. The number of amidine groups is 1. The number of urea groups is 1. The van der Waals surface area contributed by atoms with Gasteiger partial charge >= 0.3 is 16.4 Å². The van der Waals surface area contributed by atoms with Gasteiger partial charge < -0.3 is 15.2 Å². The van der Waals surface area contributed by atoms with Crippen LogP contribution in [0, 0.1) is 0 Å². The fraction of sp³-hybridized carbons (Fsp3) is 0.500. The lowest BCUT2D eigenvalue weighted by Crippen LogP contribution is -2.48. The lowest BCUT2D eigenvalue weighted by Gasteiger charge is -2.29. The molecule has 2 unspecified atom stereocenters. The molecule has 2 saturated heterocycles. The first kappa shape index (κ1) is 17.6. The molecular formula is C10H13N5O8S2. The van der Waals surface area contributed by atoms with Crippen LogP contribution in [0.4, 0.5) is 4.79 Å². The smallest absolute Gasteiger partial charge is 0.385 e. The number of piperidine rings is 1. The Morgan fingerprint density at radius 2 is 2.12 bits per heavy atom. The molecule has 3 heterocycles. The number of nitrogens with two attached hydrogens (primary N) is 1. The van der Waals surface area contributed by atoms with E-state index in [4.69, 9.17) is 10.3 Å². The van der Waals surface area contributed by atoms with Crippen LogP contribution in [0.2, 0.25) is 0 Å². The van der Waals surface area contributed by atoms with Gasteiger partial charge in [0.05, 0.1) is 18.3 Å². The quantitative estimate of drug-likeness (QED) is 0.345. The zero-order valence-electron chi connectivity index (χ0n) is 12.4. The van der Waals surface area contributed by atoms with Gasteiger partial charge in [-0.05, 0) is 12.8 Å². The van der Waals surface area contributed by atoms with Crippen molar-refractivity contribution in [2.24, 2.45) is 10.1 Å². The minimum absolute atomic E-state index is 0.0442. The maximum absolute atomic E-state index is 12.2. The van der Waals surface area contributed by atoms with Crippen molar-refractivity contribution in [3.8, 4) is 0 Å². The standard InChI is InChI=1S/C10H13N5O8S2/c11-9(13-24(17,18)7-3-12-22-5-7)8-2-1-6-4-14(8)10(16)15(6)23-25(19,20)21/h3,5-6,8H,1-2,4H2,(H2,11,13)(H,19,20,21). The summed E-state index contributed by atoms with van der Waals surface area (Å²) >= 11 is 0. The number of sulfonamides is 1. The molecule has 1 aromatic rings. The molecule has 15 heteroatoms. The summed E-state index contributed by atoms with van der Waals surface area (Å²) in [6, 6.07) is -2.35. The number of amides is 2. The highest BCUT2D eigenvalue weighted by atomic mass is 32.3. The lowest BCUT2D eigenvalue weighted by molar-refractivity contribution is -0.0316. The Balaban J connectivity index is 1.83. The van der Waals surface area contributed by atoms with E-state index in [1.165, 1.54) is 0 Å². The Morgan fingerprint density at radius 1 is 1.40 bits per heavy atom. The number of hydrogen-bond acceptors (Lipinski definition) is 8. The van der Waals surface area contributed by atoms with Crippen LogP contribution in [0.25, 0.3) is 0 Å². The molecule has 2 fully saturated rings. The van der Waals surface area contributed by atoms with Gasteiger partial charge in [-0.25, -0.2) is 4.79 Å². The van der Waals surface area contributed by atoms with E-state index in [0.29, 0.717) is 5.06 Å². The molecule has 25 heavy (non-hydrogen) atoms. The molecule has 1 aromatic heterocycles. The zero-order chi connectivity index (χ0) is 18.4. The molecule has 0 spiro atoms. The van der Waals surface area contributed by atoms with Crippen molar-refractivity contribution in [2.45, 2.75) is 29.8 Å². The monoisotopic (exact) mass is 395 g/mol. The molecule has 2 bridgehead atoms. The molecule has 0 radical (unpaired) electrons. The summed E-state index contributed by atoms with van der Waals surface area (Å²) in [5, 5.41) is 3.79. The van der Waals surface area contributed by atoms with Gasteiger partial charge in [-0.3, -0.25) is 4.55 Å². The first-order chi connectivity index (χ1) is 11.6. The minimum atomic E-state index is -4.87. The van der Waals surface area contributed by atoms with E-state index < -0.39 is 38.5 Å². The summed E-state index contributed by atoms with van der Waals surface area (Å²) in [5.41, 5.74) is 5.76. The molecule has 3 rings (SSSR count). The van der Waals surface area contributed by atoms with Crippen LogP contribution in [0.3, 0.4) is 0 Å². The summed E-state index contributed by atoms with van der Waals surface area (Å²) in [5.74, 6) is -0.346. The van der Waals surface area contributed by atoms with Crippen molar-refractivity contribution in [1.82, 2.24) is 15.1 Å². The predicted octanol–water partition coefficient (Wildman–Crippen LogP) is -1.28. The van der Waals surface area contributed by atoms with Crippen LogP contribution in [-0.4, -0.2) is 67.0 Å². The summed E-state index contributed by atoms with van der Waals surface area (Å²) < 4.78 is 66.7. The SMILES string of the molecule is NC(=NS(=O)(=O)c1cnoc1)C1CCC2CN1C(=O)N2OS(=O)(=O)O. The highest BCUT2D eigenvalue weighted by molar-refractivity contribution is 7.90. The second kappa shape index (κ2) is 5.94. The molecule has 2 atom stereocenters. The third kappa shape index (κ3) is 3.44. The Hall–Kier alpha value is -2.23. The predicted molar refractivity (Wildman–Crippen MR) is 78.7 cm³/mol. The fourth-order valence-corrected chi connectivity index (χ4v) is 3.95. The van der Waals surface area contributed by atoms with E-state index in [1.54, 1.807) is 0 Å². The van der Waals surface area contributed by atoms with E-state index in [1.807, 2.05) is 0 Å². The average Bonchev–Trinajstić information content (AvgIpc) is 3.11. The number of nitrogens with zero attached hydrogens (tertiary/aromatic N) is 4. The van der Waals surface area contributed by atoms with Gasteiger partial charge in [0, 0.05) is 6.54 Å². The number of carbonyl (C=O) groups excluding carboxylic acids is 1. The molecule has 2 amide bonds. The second-order valence-electron chi connectivity index (χ2n) is 5.36. The molecule has 2 aliphatic heterocycles. The second-order valence-corrected chi connectivity index (χ2v) is 7.97. The fourth-order valence-electron chi connectivity index (χ4n) is 2.71. The van der Waals surface area contributed by atoms with E-state index >= 15 is 0 Å². The number of hydrogen-bond donors (Lipinski definition) is 2. The van der Waals surface area contributed by atoms with Crippen molar-refractivity contribution >= 4 is 32.3 Å². The molecule has 0 aliphatic carbocycles. The van der Waals surface area contributed by atoms with E-state index in [9.17, 15) is 21.6 Å². The maximum Gasteiger partial charge on any atom is 0.418 e. The van der Waals surface area contributed by atoms with Gasteiger partial charge in [0.25, 0.3) is 10.0 Å². The first-order valence-electron chi connectivity index (χ1n) is 6.85. The van der Waals surface area contributed by atoms with Crippen LogP contribution in [0.1, 0.15) is 12.8 Å². The number of fused-ring (bicyclic) bond motifs is 2. The molecule has 2 aliphatic rings. The van der Waals surface area contributed by atoms with E-state index in [-0.39, 0.29) is 30.1 Å². The van der Waals surface area contributed by atoms with Crippen molar-refractivity contribution < 1.29 is 35.0 Å². The van der Waals surface area contributed by atoms with E-state index in [2.05, 4.69) is 18.4 Å². The molecule has 3 N–H and O–H groups in total. The number of hydroxylamine groups is 2. The Bertz CT molecular complexity index is 909. The molecule has 0 aromatic carbocycles. The van der Waals surface area contributed by atoms with Gasteiger partial charge in [0.2, 0.25) is 0 Å². The highest BCUT2D eigenvalue weighted by Crippen LogP contribution is 2.31. The normalized spacial score (nSPS) is 24.8. The zero-order valence-corrected chi connectivity index (χ0v) is 14.1. The molecule has 138 valence electrons. The summed E-state index contributed by atoms with van der Waals surface area (Å²) in [7, 11) is -9.03. The molecule has 13 nitrogen and oxygen atoms in total. The number of rotatable bonds is 5. The van der Waals surface area contributed by atoms with Gasteiger partial charge in [-0.15, -0.1) is 8.68 Å². The van der Waals surface area contributed by atoms with Crippen molar-refractivity contribution in [2.75, 3.05) is 6.54 Å². The Morgan fingerprint density at radius 3 is 2.72 bits per heavy atom. The topological polar surface area (TPSA) is 186 Å². The van der Waals surface area contributed by atoms with Crippen LogP contribution in [0.15, 0.2) is 26.3 Å². The van der Waals surface area contributed by atoms with Crippen molar-refractivity contribution in [1.29, 1.82) is 0 Å². The largest absolute Gasteiger partial charge is 0.418 e. The van der Waals surface area contributed by atoms with Crippen LogP contribution in [0.5, 0.6) is 0 Å². The highest BCUT2D eigenvalue weighted by Gasteiger charge is 2.48. The Kier molecular flexibility index (Phi) is 4.18. The summed E-state index contributed by atoms with van der Waals surface area (Å²) in [4.78, 5) is 13.1. The third-order valence-electron chi connectivity index (χ3n) is 3.77. The summed E-state index contributed by atoms with van der Waals surface area (Å²) in [6.07, 6.45) is 2.33. The van der Waals surface area contributed by atoms with E-state index in [0.717, 1.165) is 17.4 Å². The molecule has 0 saturated carbocycles. The van der Waals surface area contributed by atoms with Gasteiger partial charge in [-0.1, -0.05) is 5.16 Å². The first-order valence-corrected chi connectivity index (χ1v) is 9.65. The van der Waals surface area contributed by atoms with Crippen molar-refractivity contribution in [3.63, 3.8) is 0 Å². The van der Waals surface area contributed by atoms with Crippen molar-refractivity contribution in [3.05, 3.63) is 12.5 Å². The molecular weight excluding hydrogens is 382 g/mol.